The van der Waals surface area contributed by atoms with E-state index in [1.807, 2.05) is 24.3 Å². The summed E-state index contributed by atoms with van der Waals surface area (Å²) < 4.78 is 5.97. The van der Waals surface area contributed by atoms with E-state index in [0.29, 0.717) is 25.7 Å². The Morgan fingerprint density at radius 1 is 1.19 bits per heavy atom. The van der Waals surface area contributed by atoms with Crippen LogP contribution in [-0.2, 0) is 4.79 Å². The SMILES string of the molecule is NC(=O)C1CCCN(CCNC(=O)Nc2cccc(OC3CCCC3)c2)C1. The van der Waals surface area contributed by atoms with E-state index >= 15 is 0 Å². The molecule has 1 aromatic rings. The normalized spacial score (nSPS) is 21.0. The Hall–Kier alpha value is -2.28. The standard InChI is InChI=1S/C20H30N4O3/c21-19(25)15-5-4-11-24(14-15)12-10-22-20(26)23-16-6-3-9-18(13-16)27-17-7-1-2-8-17/h3,6,9,13,15,17H,1-2,4-5,7-8,10-12,14H2,(H2,21,25)(H2,22,23,26). The van der Waals surface area contributed by atoms with Crippen LogP contribution in [0.25, 0.3) is 0 Å². The van der Waals surface area contributed by atoms with E-state index < -0.39 is 0 Å². The lowest BCUT2D eigenvalue weighted by atomic mass is 9.97. The van der Waals surface area contributed by atoms with Crippen molar-refractivity contribution in [2.24, 2.45) is 11.7 Å². The van der Waals surface area contributed by atoms with Gasteiger partial charge < -0.3 is 26.0 Å². The van der Waals surface area contributed by atoms with E-state index in [0.717, 1.165) is 43.7 Å². The summed E-state index contributed by atoms with van der Waals surface area (Å²) in [6.07, 6.45) is 6.77. The lowest BCUT2D eigenvalue weighted by Gasteiger charge is -2.31. The molecule has 1 unspecified atom stereocenters. The van der Waals surface area contributed by atoms with E-state index in [4.69, 9.17) is 10.5 Å². The number of nitrogens with one attached hydrogen (secondary N) is 2. The molecule has 7 heteroatoms. The van der Waals surface area contributed by atoms with Gasteiger partial charge in [-0.05, 0) is 57.2 Å². The fraction of sp³-hybridized carbons (Fsp3) is 0.600. The summed E-state index contributed by atoms with van der Waals surface area (Å²) in [5.74, 6) is 0.491. The number of carbonyl (C=O) groups excluding carboxylic acids is 2. The summed E-state index contributed by atoms with van der Waals surface area (Å²) in [4.78, 5) is 25.6. The summed E-state index contributed by atoms with van der Waals surface area (Å²) in [5, 5.41) is 5.72. The minimum absolute atomic E-state index is 0.0739. The maximum Gasteiger partial charge on any atom is 0.319 e. The number of ether oxygens (including phenoxy) is 1. The van der Waals surface area contributed by atoms with Gasteiger partial charge in [0.2, 0.25) is 5.91 Å². The van der Waals surface area contributed by atoms with Crippen molar-refractivity contribution in [1.29, 1.82) is 0 Å². The van der Waals surface area contributed by atoms with Crippen LogP contribution in [0.4, 0.5) is 10.5 Å². The van der Waals surface area contributed by atoms with Crippen LogP contribution >= 0.6 is 0 Å². The van der Waals surface area contributed by atoms with Crippen molar-refractivity contribution in [2.45, 2.75) is 44.6 Å². The summed E-state index contributed by atoms with van der Waals surface area (Å²) >= 11 is 0. The Kier molecular flexibility index (Phi) is 6.92. The number of rotatable bonds is 7. The number of anilines is 1. The first-order chi connectivity index (χ1) is 13.1. The molecule has 1 aliphatic heterocycles. The minimum Gasteiger partial charge on any atom is -0.490 e. The number of primary amides is 1. The van der Waals surface area contributed by atoms with Gasteiger partial charge in [-0.1, -0.05) is 6.07 Å². The number of amides is 3. The zero-order chi connectivity index (χ0) is 19.1. The van der Waals surface area contributed by atoms with Crippen LogP contribution < -0.4 is 21.1 Å². The molecule has 1 atom stereocenters. The topological polar surface area (TPSA) is 96.7 Å². The second-order valence-electron chi connectivity index (χ2n) is 7.48. The second kappa shape index (κ2) is 9.60. The van der Waals surface area contributed by atoms with E-state index in [2.05, 4.69) is 15.5 Å². The van der Waals surface area contributed by atoms with Gasteiger partial charge in [0.25, 0.3) is 0 Å². The Bertz CT molecular complexity index is 646. The van der Waals surface area contributed by atoms with Crippen LogP contribution in [0.15, 0.2) is 24.3 Å². The van der Waals surface area contributed by atoms with E-state index in [-0.39, 0.29) is 17.9 Å². The van der Waals surface area contributed by atoms with Gasteiger partial charge in [-0.25, -0.2) is 4.79 Å². The van der Waals surface area contributed by atoms with E-state index in [9.17, 15) is 9.59 Å². The number of hydrogen-bond donors (Lipinski definition) is 3. The van der Waals surface area contributed by atoms with Crippen molar-refractivity contribution in [3.05, 3.63) is 24.3 Å². The monoisotopic (exact) mass is 374 g/mol. The molecule has 0 radical (unpaired) electrons. The van der Waals surface area contributed by atoms with Gasteiger partial charge in [0.05, 0.1) is 12.0 Å². The zero-order valence-electron chi connectivity index (χ0n) is 15.8. The number of piperidine rings is 1. The molecule has 27 heavy (non-hydrogen) atoms. The molecule has 0 spiro atoms. The Morgan fingerprint density at radius 3 is 2.78 bits per heavy atom. The molecular weight excluding hydrogens is 344 g/mol. The largest absolute Gasteiger partial charge is 0.490 e. The predicted molar refractivity (Wildman–Crippen MR) is 105 cm³/mol. The lowest BCUT2D eigenvalue weighted by molar-refractivity contribution is -0.123. The fourth-order valence-electron chi connectivity index (χ4n) is 3.84. The number of nitrogens with two attached hydrogens (primary N) is 1. The highest BCUT2D eigenvalue weighted by molar-refractivity contribution is 5.89. The first-order valence-corrected chi connectivity index (χ1v) is 9.93. The summed E-state index contributed by atoms with van der Waals surface area (Å²) in [5.41, 5.74) is 6.12. The van der Waals surface area contributed by atoms with Gasteiger partial charge in [0.1, 0.15) is 5.75 Å². The highest BCUT2D eigenvalue weighted by atomic mass is 16.5. The van der Waals surface area contributed by atoms with Crippen molar-refractivity contribution >= 4 is 17.6 Å². The first-order valence-electron chi connectivity index (χ1n) is 9.93. The molecule has 0 bridgehead atoms. The van der Waals surface area contributed by atoms with Crippen molar-refractivity contribution in [3.8, 4) is 5.75 Å². The second-order valence-corrected chi connectivity index (χ2v) is 7.48. The van der Waals surface area contributed by atoms with Gasteiger partial charge in [0.15, 0.2) is 0 Å². The average Bonchev–Trinajstić information content (AvgIpc) is 3.15. The van der Waals surface area contributed by atoms with Crippen molar-refractivity contribution < 1.29 is 14.3 Å². The summed E-state index contributed by atoms with van der Waals surface area (Å²) in [7, 11) is 0. The van der Waals surface area contributed by atoms with Crippen LogP contribution in [0, 0.1) is 5.92 Å². The first kappa shape index (κ1) is 19.5. The van der Waals surface area contributed by atoms with Gasteiger partial charge in [-0.3, -0.25) is 4.79 Å². The molecule has 0 aromatic heterocycles. The van der Waals surface area contributed by atoms with Crippen LogP contribution in [0.1, 0.15) is 38.5 Å². The Morgan fingerprint density at radius 2 is 2.00 bits per heavy atom. The summed E-state index contributed by atoms with van der Waals surface area (Å²) in [6, 6.07) is 7.28. The molecule has 2 aliphatic rings. The third kappa shape index (κ3) is 6.13. The van der Waals surface area contributed by atoms with Crippen LogP contribution in [-0.4, -0.2) is 49.1 Å². The molecule has 1 aliphatic carbocycles. The maximum atomic E-state index is 12.1. The molecule has 1 heterocycles. The third-order valence-corrected chi connectivity index (χ3v) is 5.32. The lowest BCUT2D eigenvalue weighted by Crippen LogP contribution is -2.44. The number of urea groups is 1. The number of nitrogens with zero attached hydrogens (tertiary/aromatic N) is 1. The molecule has 4 N–H and O–H groups in total. The predicted octanol–water partition coefficient (Wildman–Crippen LogP) is 2.33. The third-order valence-electron chi connectivity index (χ3n) is 5.32. The van der Waals surface area contributed by atoms with Crippen molar-refractivity contribution in [3.63, 3.8) is 0 Å². The molecular formula is C20H30N4O3. The number of carbonyl (C=O) groups is 2. The van der Waals surface area contributed by atoms with Gasteiger partial charge in [0, 0.05) is 31.4 Å². The highest BCUT2D eigenvalue weighted by Crippen LogP contribution is 2.25. The Balaban J connectivity index is 1.39. The molecule has 1 aromatic carbocycles. The Labute approximate surface area is 160 Å². The molecule has 3 amide bonds. The quantitative estimate of drug-likeness (QED) is 0.682. The minimum atomic E-state index is -0.239. The molecule has 1 saturated heterocycles. The number of hydrogen-bond acceptors (Lipinski definition) is 4. The summed E-state index contributed by atoms with van der Waals surface area (Å²) in [6.45, 7) is 2.85. The molecule has 7 nitrogen and oxygen atoms in total. The van der Waals surface area contributed by atoms with Crippen LogP contribution in [0.3, 0.4) is 0 Å². The van der Waals surface area contributed by atoms with E-state index in [1.165, 1.54) is 12.8 Å². The van der Waals surface area contributed by atoms with Crippen LogP contribution in [0.2, 0.25) is 0 Å². The highest BCUT2D eigenvalue weighted by Gasteiger charge is 2.23. The molecule has 3 rings (SSSR count). The maximum absolute atomic E-state index is 12.1. The van der Waals surface area contributed by atoms with Gasteiger partial charge >= 0.3 is 6.03 Å². The fourth-order valence-corrected chi connectivity index (χ4v) is 3.84. The average molecular weight is 374 g/mol. The number of likely N-dealkylation sites (tertiary alicyclic amines) is 1. The number of benzene rings is 1. The van der Waals surface area contributed by atoms with Gasteiger partial charge in [-0.15, -0.1) is 0 Å². The van der Waals surface area contributed by atoms with Gasteiger partial charge in [-0.2, -0.15) is 0 Å². The van der Waals surface area contributed by atoms with E-state index in [1.54, 1.807) is 0 Å². The molecule has 1 saturated carbocycles. The van der Waals surface area contributed by atoms with Crippen molar-refractivity contribution in [2.75, 3.05) is 31.5 Å². The van der Waals surface area contributed by atoms with Crippen molar-refractivity contribution in [1.82, 2.24) is 10.2 Å². The molecule has 148 valence electrons. The zero-order valence-corrected chi connectivity index (χ0v) is 15.8. The van der Waals surface area contributed by atoms with Crippen LogP contribution in [0.5, 0.6) is 5.75 Å². The molecule has 2 fully saturated rings. The smallest absolute Gasteiger partial charge is 0.319 e.